The highest BCUT2D eigenvalue weighted by Gasteiger charge is 2.20. The minimum absolute atomic E-state index is 0.0162. The molecule has 2 aromatic carbocycles. The Labute approximate surface area is 192 Å². The zero-order valence-electron chi connectivity index (χ0n) is 19.2. The number of benzene rings is 2. The van der Waals surface area contributed by atoms with Crippen molar-refractivity contribution in [1.29, 1.82) is 0 Å². The maximum absolute atomic E-state index is 13.2. The number of aryl methyl sites for hydroxylation is 1. The monoisotopic (exact) mass is 451 g/mol. The number of ether oxygens (including phenoxy) is 3. The molecule has 2 heterocycles. The topological polar surface area (TPSA) is 82.0 Å². The second-order valence-electron chi connectivity index (χ2n) is 8.05. The van der Waals surface area contributed by atoms with Gasteiger partial charge in [0.15, 0.2) is 0 Å². The molecule has 1 N–H and O–H groups in total. The van der Waals surface area contributed by atoms with E-state index in [2.05, 4.69) is 10.2 Å². The van der Waals surface area contributed by atoms with E-state index in [-0.39, 0.29) is 5.56 Å². The van der Waals surface area contributed by atoms with Crippen molar-refractivity contribution in [1.82, 2.24) is 9.47 Å². The van der Waals surface area contributed by atoms with Gasteiger partial charge in [-0.25, -0.2) is 0 Å². The molecule has 8 heteroatoms. The molecule has 1 aliphatic heterocycles. The van der Waals surface area contributed by atoms with Crippen LogP contribution in [-0.2, 0) is 7.05 Å². The van der Waals surface area contributed by atoms with Crippen LogP contribution in [0.25, 0.3) is 10.9 Å². The molecule has 1 saturated heterocycles. The molecule has 33 heavy (non-hydrogen) atoms. The molecule has 1 aliphatic rings. The minimum Gasteiger partial charge on any atom is -0.496 e. The van der Waals surface area contributed by atoms with Gasteiger partial charge < -0.3 is 24.1 Å². The van der Waals surface area contributed by atoms with Crippen LogP contribution in [0, 0.1) is 0 Å². The second-order valence-corrected chi connectivity index (χ2v) is 8.05. The lowest BCUT2D eigenvalue weighted by atomic mass is 10.1. The molecular weight excluding hydrogens is 422 g/mol. The molecule has 0 spiro atoms. The summed E-state index contributed by atoms with van der Waals surface area (Å²) in [5.41, 5.74) is 0.737. The van der Waals surface area contributed by atoms with Crippen LogP contribution in [0.3, 0.4) is 0 Å². The number of nitrogens with one attached hydrogen (secondary N) is 1. The number of likely N-dealkylation sites (tertiary alicyclic amines) is 1. The van der Waals surface area contributed by atoms with Gasteiger partial charge in [0.25, 0.3) is 5.91 Å². The van der Waals surface area contributed by atoms with Gasteiger partial charge in [-0.05, 0) is 62.3 Å². The largest absolute Gasteiger partial charge is 0.496 e. The van der Waals surface area contributed by atoms with Gasteiger partial charge in [0, 0.05) is 25.5 Å². The van der Waals surface area contributed by atoms with Gasteiger partial charge in [-0.1, -0.05) is 0 Å². The Morgan fingerprint density at radius 3 is 2.33 bits per heavy atom. The summed E-state index contributed by atoms with van der Waals surface area (Å²) in [7, 11) is 4.78. The Morgan fingerprint density at radius 1 is 1.00 bits per heavy atom. The van der Waals surface area contributed by atoms with E-state index >= 15 is 0 Å². The van der Waals surface area contributed by atoms with Crippen molar-refractivity contribution in [2.75, 3.05) is 45.8 Å². The molecule has 8 nitrogen and oxygen atoms in total. The molecule has 3 aromatic rings. The Balaban J connectivity index is 1.50. The van der Waals surface area contributed by atoms with E-state index in [4.69, 9.17) is 14.2 Å². The van der Waals surface area contributed by atoms with E-state index in [1.807, 2.05) is 12.1 Å². The number of rotatable bonds is 8. The molecule has 1 amide bonds. The number of methoxy groups -OCH3 is 2. The molecule has 0 saturated carbocycles. The molecule has 4 rings (SSSR count). The standard InChI is InChI=1S/C25H29N3O5/c1-27-16-19(24(29)22-20(31-2)10-11-21(32-3)23(22)27)25(30)26-17-6-8-18(9-7-17)33-15-14-28-12-4-5-13-28/h6-11,16H,4-5,12-15H2,1-3H3,(H,26,30). The summed E-state index contributed by atoms with van der Waals surface area (Å²) in [5, 5.41) is 3.10. The van der Waals surface area contributed by atoms with Crippen molar-refractivity contribution in [3.63, 3.8) is 0 Å². The molecule has 1 aromatic heterocycles. The van der Waals surface area contributed by atoms with E-state index in [1.54, 1.807) is 35.9 Å². The summed E-state index contributed by atoms with van der Waals surface area (Å²) in [5.74, 6) is 1.16. The molecule has 174 valence electrons. The summed E-state index contributed by atoms with van der Waals surface area (Å²) < 4.78 is 18.3. The average molecular weight is 452 g/mol. The van der Waals surface area contributed by atoms with Crippen molar-refractivity contribution in [3.8, 4) is 17.2 Å². The van der Waals surface area contributed by atoms with Crippen LogP contribution < -0.4 is 25.0 Å². The zero-order chi connectivity index (χ0) is 23.4. The fraction of sp³-hybridized carbons (Fsp3) is 0.360. The Bertz CT molecular complexity index is 1200. The second kappa shape index (κ2) is 9.95. The lowest BCUT2D eigenvalue weighted by molar-refractivity contribution is 0.102. The average Bonchev–Trinajstić information content (AvgIpc) is 3.35. The van der Waals surface area contributed by atoms with Crippen LogP contribution in [-0.4, -0.2) is 55.8 Å². The van der Waals surface area contributed by atoms with Crippen LogP contribution in [0.2, 0.25) is 0 Å². The predicted molar refractivity (Wildman–Crippen MR) is 128 cm³/mol. The van der Waals surface area contributed by atoms with Gasteiger partial charge in [0.1, 0.15) is 29.4 Å². The van der Waals surface area contributed by atoms with E-state index < -0.39 is 11.3 Å². The summed E-state index contributed by atoms with van der Waals surface area (Å²) in [4.78, 5) is 28.6. The van der Waals surface area contributed by atoms with Crippen LogP contribution >= 0.6 is 0 Å². The molecule has 0 atom stereocenters. The Kier molecular flexibility index (Phi) is 6.84. The van der Waals surface area contributed by atoms with Gasteiger partial charge in [-0.2, -0.15) is 0 Å². The van der Waals surface area contributed by atoms with Crippen molar-refractivity contribution in [3.05, 3.63) is 58.4 Å². The highest BCUT2D eigenvalue weighted by Crippen LogP contribution is 2.31. The van der Waals surface area contributed by atoms with E-state index in [0.717, 1.165) is 25.4 Å². The summed E-state index contributed by atoms with van der Waals surface area (Å²) in [6.45, 7) is 3.82. The fourth-order valence-corrected chi connectivity index (χ4v) is 4.20. The van der Waals surface area contributed by atoms with Crippen LogP contribution in [0.15, 0.2) is 47.4 Å². The zero-order valence-corrected chi connectivity index (χ0v) is 19.2. The third kappa shape index (κ3) is 4.80. The molecule has 0 unspecified atom stereocenters. The van der Waals surface area contributed by atoms with Gasteiger partial charge in [0.05, 0.1) is 25.1 Å². The molecule has 1 fully saturated rings. The lowest BCUT2D eigenvalue weighted by Crippen LogP contribution is -2.25. The smallest absolute Gasteiger partial charge is 0.261 e. The molecular formula is C25H29N3O5. The van der Waals surface area contributed by atoms with Crippen LogP contribution in [0.4, 0.5) is 5.69 Å². The van der Waals surface area contributed by atoms with Crippen LogP contribution in [0.5, 0.6) is 17.2 Å². The lowest BCUT2D eigenvalue weighted by Gasteiger charge is -2.15. The highest BCUT2D eigenvalue weighted by molar-refractivity contribution is 6.06. The van der Waals surface area contributed by atoms with Crippen molar-refractivity contribution in [2.24, 2.45) is 7.05 Å². The first-order valence-electron chi connectivity index (χ1n) is 11.0. The highest BCUT2D eigenvalue weighted by atomic mass is 16.5. The number of pyridine rings is 1. The van der Waals surface area contributed by atoms with E-state index in [1.165, 1.54) is 33.3 Å². The number of anilines is 1. The number of carbonyl (C=O) groups is 1. The summed E-state index contributed by atoms with van der Waals surface area (Å²) in [6, 6.07) is 10.5. The van der Waals surface area contributed by atoms with Gasteiger partial charge >= 0.3 is 0 Å². The number of fused-ring (bicyclic) bond motifs is 1. The summed E-state index contributed by atoms with van der Waals surface area (Å²) in [6.07, 6.45) is 4.03. The van der Waals surface area contributed by atoms with Gasteiger partial charge in [-0.3, -0.25) is 14.5 Å². The molecule has 0 radical (unpaired) electrons. The number of carbonyl (C=O) groups excluding carboxylic acids is 1. The Morgan fingerprint density at radius 2 is 1.67 bits per heavy atom. The Hall–Kier alpha value is -3.52. The first-order valence-corrected chi connectivity index (χ1v) is 11.0. The minimum atomic E-state index is -0.495. The van der Waals surface area contributed by atoms with Gasteiger partial charge in [0.2, 0.25) is 5.43 Å². The summed E-state index contributed by atoms with van der Waals surface area (Å²) >= 11 is 0. The van der Waals surface area contributed by atoms with E-state index in [0.29, 0.717) is 34.7 Å². The number of aromatic nitrogens is 1. The number of amides is 1. The van der Waals surface area contributed by atoms with Crippen LogP contribution in [0.1, 0.15) is 23.2 Å². The molecule has 0 aliphatic carbocycles. The number of nitrogens with zero attached hydrogens (tertiary/aromatic N) is 2. The van der Waals surface area contributed by atoms with Crippen molar-refractivity contribution < 1.29 is 19.0 Å². The number of hydrogen-bond acceptors (Lipinski definition) is 6. The SMILES string of the molecule is COc1ccc(OC)c2c1c(=O)c(C(=O)Nc1ccc(OCCN3CCCC3)cc1)cn2C. The maximum Gasteiger partial charge on any atom is 0.261 e. The van der Waals surface area contributed by atoms with Gasteiger partial charge in [-0.15, -0.1) is 0 Å². The van der Waals surface area contributed by atoms with Crippen molar-refractivity contribution in [2.45, 2.75) is 12.8 Å². The third-order valence-electron chi connectivity index (χ3n) is 5.92. The predicted octanol–water partition coefficient (Wildman–Crippen LogP) is 3.28. The third-order valence-corrected chi connectivity index (χ3v) is 5.92. The number of hydrogen-bond donors (Lipinski definition) is 1. The first-order chi connectivity index (χ1) is 16.0. The molecule has 0 bridgehead atoms. The normalized spacial score (nSPS) is 13.8. The van der Waals surface area contributed by atoms with Crippen molar-refractivity contribution >= 4 is 22.5 Å². The maximum atomic E-state index is 13.2. The fourth-order valence-electron chi connectivity index (χ4n) is 4.20. The first kappa shape index (κ1) is 22.7. The quantitative estimate of drug-likeness (QED) is 0.566. The van der Waals surface area contributed by atoms with E-state index in [9.17, 15) is 9.59 Å².